The number of rotatable bonds is 6. The first-order valence-corrected chi connectivity index (χ1v) is 9.20. The number of ether oxygens (including phenoxy) is 1. The Balaban J connectivity index is 1.89. The van der Waals surface area contributed by atoms with Gasteiger partial charge in [0.25, 0.3) is 0 Å². The highest BCUT2D eigenvalue weighted by Crippen LogP contribution is 2.17. The minimum atomic E-state index is -0.831. The molecule has 0 aromatic rings. The van der Waals surface area contributed by atoms with Gasteiger partial charge in [0.05, 0.1) is 38.5 Å². The Labute approximate surface area is 147 Å². The molecule has 2 aliphatic rings. The van der Waals surface area contributed by atoms with Crippen LogP contribution in [0.15, 0.2) is 41.2 Å². The summed E-state index contributed by atoms with van der Waals surface area (Å²) in [6.07, 6.45) is -0.411. The average Bonchev–Trinajstić information content (AvgIpc) is 3.02. The maximum atomic E-state index is 11.8. The van der Waals surface area contributed by atoms with Gasteiger partial charge in [-0.05, 0) is 0 Å². The van der Waals surface area contributed by atoms with E-state index in [4.69, 9.17) is 16.2 Å². The van der Waals surface area contributed by atoms with Gasteiger partial charge in [0.1, 0.15) is 0 Å². The Morgan fingerprint density at radius 3 is 1.72 bits per heavy atom. The average molecular weight is 388 g/mol. The summed E-state index contributed by atoms with van der Waals surface area (Å²) in [5.74, 6) is -1.52. The molecule has 0 spiro atoms. The summed E-state index contributed by atoms with van der Waals surface area (Å²) in [7, 11) is 1.11. The highest BCUT2D eigenvalue weighted by atomic mass is 32.2. The van der Waals surface area contributed by atoms with Crippen molar-refractivity contribution in [3.05, 3.63) is 22.2 Å². The molecule has 0 saturated carbocycles. The zero-order valence-corrected chi connectivity index (χ0v) is 15.0. The zero-order chi connectivity index (χ0) is 18.4. The highest BCUT2D eigenvalue weighted by Gasteiger charge is 2.20. The van der Waals surface area contributed by atoms with Crippen LogP contribution >= 0.6 is 0 Å². The second kappa shape index (κ2) is 8.75. The number of carbonyl (C=O) groups is 2. The molecular formula is C12H16N6O5S2. The minimum Gasteiger partial charge on any atom is -0.393 e. The van der Waals surface area contributed by atoms with Crippen LogP contribution < -0.4 is 11.5 Å². The molecule has 0 aliphatic carbocycles. The van der Waals surface area contributed by atoms with Gasteiger partial charge in [-0.1, -0.05) is 9.05 Å². The Morgan fingerprint density at radius 2 is 1.36 bits per heavy atom. The van der Waals surface area contributed by atoms with E-state index >= 15 is 0 Å². The van der Waals surface area contributed by atoms with Crippen LogP contribution in [0.25, 0.3) is 0 Å². The molecule has 0 amide bonds. The summed E-state index contributed by atoms with van der Waals surface area (Å²) < 4.78 is 12.2. The first-order valence-electron chi connectivity index (χ1n) is 6.71. The van der Waals surface area contributed by atoms with Gasteiger partial charge < -0.3 is 16.2 Å². The summed E-state index contributed by atoms with van der Waals surface area (Å²) in [5.41, 5.74) is 12.0. The van der Waals surface area contributed by atoms with E-state index in [1.165, 1.54) is 14.2 Å². The fourth-order valence-electron chi connectivity index (χ4n) is 1.75. The van der Waals surface area contributed by atoms with Crippen molar-refractivity contribution in [2.45, 2.75) is 12.8 Å². The van der Waals surface area contributed by atoms with Crippen molar-refractivity contribution in [2.75, 3.05) is 14.2 Å². The quantitative estimate of drug-likeness (QED) is 0.364. The molecule has 0 aromatic carbocycles. The van der Waals surface area contributed by atoms with E-state index in [0.717, 1.165) is 0 Å². The van der Waals surface area contributed by atoms with E-state index < -0.39 is 33.3 Å². The molecule has 2 rings (SSSR count). The van der Waals surface area contributed by atoms with Crippen LogP contribution in [0.5, 0.6) is 0 Å². The second-order valence-electron chi connectivity index (χ2n) is 4.46. The molecular weight excluding hydrogens is 372 g/mol. The molecule has 2 unspecified atom stereocenters. The van der Waals surface area contributed by atoms with Crippen LogP contribution in [0.1, 0.15) is 12.8 Å². The number of nitrogens with two attached hydrogens (primary N) is 2. The number of aliphatic imine (C=N–C) groups is 2. The fourth-order valence-corrected chi connectivity index (χ4v) is 3.76. The fraction of sp³-hybridized carbons (Fsp3) is 0.333. The molecule has 0 bridgehead atoms. The second-order valence-corrected chi connectivity index (χ2v) is 7.33. The maximum absolute atomic E-state index is 11.8. The number of hydrogen-bond acceptors (Lipinski definition) is 11. The predicted octanol–water partition coefficient (Wildman–Crippen LogP) is -0.0976. The lowest BCUT2D eigenvalue weighted by Crippen LogP contribution is -2.14. The lowest BCUT2D eigenvalue weighted by Gasteiger charge is -2.01. The van der Waals surface area contributed by atoms with E-state index in [2.05, 4.69) is 28.7 Å². The zero-order valence-electron chi connectivity index (χ0n) is 13.4. The van der Waals surface area contributed by atoms with Crippen molar-refractivity contribution >= 4 is 43.7 Å². The van der Waals surface area contributed by atoms with Gasteiger partial charge in [-0.15, -0.1) is 0 Å². The molecule has 4 N–H and O–H groups in total. The summed E-state index contributed by atoms with van der Waals surface area (Å²) in [4.78, 5) is 40.9. The molecule has 2 heterocycles. The lowest BCUT2D eigenvalue weighted by atomic mass is 10.3. The molecule has 2 atom stereocenters. The number of amidine groups is 2. The van der Waals surface area contributed by atoms with Crippen molar-refractivity contribution in [3.63, 3.8) is 0 Å². The van der Waals surface area contributed by atoms with Crippen LogP contribution in [0, 0.1) is 0 Å². The van der Waals surface area contributed by atoms with Gasteiger partial charge in [-0.25, -0.2) is 19.7 Å². The smallest absolute Gasteiger partial charge is 0.319 e. The van der Waals surface area contributed by atoms with E-state index in [1.54, 1.807) is 10.8 Å². The van der Waals surface area contributed by atoms with Crippen molar-refractivity contribution in [1.29, 1.82) is 0 Å². The van der Waals surface area contributed by atoms with Crippen LogP contribution in [0.2, 0.25) is 0 Å². The van der Waals surface area contributed by atoms with Gasteiger partial charge in [0.2, 0.25) is 0 Å². The molecule has 136 valence electrons. The summed E-state index contributed by atoms with van der Waals surface area (Å²) in [6.45, 7) is 0. The van der Waals surface area contributed by atoms with Gasteiger partial charge >= 0.3 is 11.9 Å². The first-order chi connectivity index (χ1) is 11.9. The normalized spacial score (nSPS) is 22.5. The van der Waals surface area contributed by atoms with E-state index in [1.807, 2.05) is 0 Å². The lowest BCUT2D eigenvalue weighted by molar-refractivity contribution is -0.158. The third-order valence-corrected chi connectivity index (χ3v) is 5.27. The van der Waals surface area contributed by atoms with Crippen LogP contribution in [0.4, 0.5) is 0 Å². The third kappa shape index (κ3) is 5.38. The number of esters is 2. The van der Waals surface area contributed by atoms with Gasteiger partial charge in [-0.2, -0.15) is 0 Å². The Bertz CT molecular complexity index is 719. The number of nitrogens with zero attached hydrogens (tertiary/aromatic N) is 4. The molecule has 0 saturated heterocycles. The van der Waals surface area contributed by atoms with Crippen LogP contribution in [0.3, 0.4) is 0 Å². The van der Waals surface area contributed by atoms with E-state index in [9.17, 15) is 9.59 Å². The molecule has 0 radical (unpaired) electrons. The van der Waals surface area contributed by atoms with Crippen molar-refractivity contribution in [1.82, 2.24) is 0 Å². The largest absolute Gasteiger partial charge is 0.393 e. The predicted molar refractivity (Wildman–Crippen MR) is 93.3 cm³/mol. The molecule has 2 aliphatic heterocycles. The van der Waals surface area contributed by atoms with E-state index in [0.29, 0.717) is 11.4 Å². The van der Waals surface area contributed by atoms with E-state index in [-0.39, 0.29) is 23.2 Å². The third-order valence-electron chi connectivity index (χ3n) is 2.62. The Morgan fingerprint density at radius 1 is 0.960 bits per heavy atom. The maximum Gasteiger partial charge on any atom is 0.319 e. The van der Waals surface area contributed by atoms with Gasteiger partial charge in [0.15, 0.2) is 10.3 Å². The van der Waals surface area contributed by atoms with Crippen molar-refractivity contribution < 1.29 is 24.0 Å². The monoisotopic (exact) mass is 388 g/mol. The van der Waals surface area contributed by atoms with Crippen molar-refractivity contribution in [2.24, 2.45) is 30.5 Å². The molecule has 0 fully saturated rings. The molecule has 13 heteroatoms. The minimum absolute atomic E-state index is 0.205. The van der Waals surface area contributed by atoms with Crippen LogP contribution in [-0.4, -0.2) is 36.5 Å². The van der Waals surface area contributed by atoms with Gasteiger partial charge in [0, 0.05) is 32.2 Å². The summed E-state index contributed by atoms with van der Waals surface area (Å²) >= 11 is 0. The summed E-state index contributed by atoms with van der Waals surface area (Å²) in [5, 5.41) is 3.61. The SMILES string of the molecule is CO/N=S1/C=C(CC(=O)OC(=O)CC2=C/S(=N/OC)C(N)=N2)N=C1N. The topological polar surface area (TPSA) is 163 Å². The van der Waals surface area contributed by atoms with Gasteiger partial charge in [-0.3, -0.25) is 9.59 Å². The number of carbonyl (C=O) groups excluding carboxylic acids is 2. The Hall–Kier alpha value is -2.22. The highest BCUT2D eigenvalue weighted by molar-refractivity contribution is 8.05. The first kappa shape index (κ1) is 19.1. The van der Waals surface area contributed by atoms with Crippen molar-refractivity contribution in [3.8, 4) is 0 Å². The standard InChI is InChI=1S/C12H16N6O5S2/c1-21-17-24-5-7(15-11(24)13)3-9(19)23-10(20)4-8-6-25(18-22-2)12(14)16-8/h5-6H,3-4H2,1-2H3,(H2,13,15)(H2,14,16). The summed E-state index contributed by atoms with van der Waals surface area (Å²) in [6, 6.07) is 0. The molecule has 0 aromatic heterocycles. The number of hydrogen-bond donors (Lipinski definition) is 2. The Kier molecular flexibility index (Phi) is 6.69. The molecule has 25 heavy (non-hydrogen) atoms. The van der Waals surface area contributed by atoms with Crippen LogP contribution in [-0.2, 0) is 45.4 Å². The molecule has 11 nitrogen and oxygen atoms in total.